The van der Waals surface area contributed by atoms with Gasteiger partial charge in [-0.15, -0.1) is 0 Å². The Morgan fingerprint density at radius 1 is 0.523 bits per heavy atom. The molecule has 9 N–H and O–H groups in total. The maximum Gasteiger partial charge on any atom is 0.411 e. The number of nitrogens with two attached hydrogens (primary N) is 1. The number of fused-ring (bicyclic) bond motifs is 11. The highest BCUT2D eigenvalue weighted by molar-refractivity contribution is 6.02. The van der Waals surface area contributed by atoms with Crippen molar-refractivity contribution in [3.8, 4) is 23.0 Å². The summed E-state index contributed by atoms with van der Waals surface area (Å²) in [7, 11) is 0. The number of nitrogens with one attached hydrogen (secondary N) is 7. The first-order valence-corrected chi connectivity index (χ1v) is 45.2. The molecule has 2 saturated carbocycles. The van der Waals surface area contributed by atoms with Crippen molar-refractivity contribution in [2.24, 2.45) is 40.2 Å². The number of alkyl carbamates (subject to hydrolysis) is 1. The van der Waals surface area contributed by atoms with E-state index in [9.17, 15) is 43.2 Å². The molecule has 0 bridgehead atoms. The Bertz CT molecular complexity index is 5250. The molecular formula is C102H121N9O17. The van der Waals surface area contributed by atoms with Gasteiger partial charge < -0.3 is 65.6 Å². The fourth-order valence-electron chi connectivity index (χ4n) is 20.4. The molecule has 0 aromatic heterocycles. The van der Waals surface area contributed by atoms with Crippen molar-refractivity contribution in [1.29, 1.82) is 0 Å². The third-order valence-electron chi connectivity index (χ3n) is 27.1. The number of carbonyl (C=O) groups excluding carboxylic acids is 11. The Balaban J connectivity index is 0.507. The fraction of sp³-hybridized carbons (Fsp3) is 0.461. The molecule has 128 heavy (non-hydrogen) atoms. The molecule has 13 rings (SSSR count). The van der Waals surface area contributed by atoms with E-state index in [0.717, 1.165) is 112 Å². The molecule has 5 aliphatic carbocycles. The summed E-state index contributed by atoms with van der Waals surface area (Å²) in [6.07, 6.45) is 7.30. The predicted octanol–water partition coefficient (Wildman–Crippen LogP) is 14.9. The SMILES string of the molecule is CC(C)[C@H](NC(=O)CCOCCOCCOCCOCCCC(=O)CCC(=O)N1Cc2ccccc2C#Cc2ccccc21)C(=O)C[C@@H](CCCNC(N)=O)C(=O)Nc1ccc(COC(=O)Nc2ccc3c(c2)[C@@]2(C)CCC[C@](C)(C(=O)NC(=O)[C@@]4(C)CCC[C@]5(C)c6cc(NC(=O)CNC(=O)OCC7c8ccccc8-c8ccccc87)ccc6CC[C@@H]45)[C@@H]2CC3)cc1. The number of Topliss-reactive ketones (excluding diaryl/α,β-unsaturated/α-hetero) is 2. The largest absolute Gasteiger partial charge is 0.449 e. The summed E-state index contributed by atoms with van der Waals surface area (Å²) in [5.74, 6) is 2.65. The van der Waals surface area contributed by atoms with Crippen molar-refractivity contribution >= 4 is 88.0 Å². The second-order valence-electron chi connectivity index (χ2n) is 36.0. The number of rotatable bonds is 40. The standard InChI is InChI=1S/C102H121N9O17/c1-66(2)92(109-89(114)45-52-124-54-56-126-58-57-125-55-53-123-51-16-23-77(112)41-44-91(116)111-63-73-21-8-7-19-68(73)31-32-71-20-9-14-28-85(71)111)86(113)59-72(22-15-50-104-96(103)120)93(117)107-74-37-29-67(30-38-74)64-127-98(122)108-76-40-34-70-36-43-88-100(4,84(70)61-76)47-18-49-102(88,6)95(119)110-94(118)101(5)48-17-46-99(3)83-60-75(39-33-69(83)35-42-87(99)101)106-90(115)62-105-97(121)128-65-82-80-26-12-10-24-78(80)79-25-11-13-27-81(79)82/h7-14,19-21,24-30,33-34,37-40,60-61,66,72,82,87-88,92H,15-18,22-23,35-36,41-59,62-65H2,1-6H3,(H,105,121)(H,106,115)(H,107,117)(H,108,122)(H,109,114)(H3,103,104,120)(H,110,118,119)/t72-,87-,88-,92+,99-,100-,101+,102+/m1/s1. The van der Waals surface area contributed by atoms with Crippen LogP contribution in [-0.4, -0.2) is 144 Å². The van der Waals surface area contributed by atoms with Crippen LogP contribution in [0.3, 0.4) is 0 Å². The monoisotopic (exact) mass is 1740 g/mol. The Labute approximate surface area is 749 Å². The molecule has 2 fully saturated rings. The normalized spacial score (nSPS) is 20.2. The highest BCUT2D eigenvalue weighted by Crippen LogP contribution is 2.60. The van der Waals surface area contributed by atoms with E-state index in [2.05, 4.69) is 87.2 Å². The smallest absolute Gasteiger partial charge is 0.411 e. The van der Waals surface area contributed by atoms with Crippen LogP contribution in [0.1, 0.15) is 206 Å². The van der Waals surface area contributed by atoms with Crippen molar-refractivity contribution in [3.05, 3.63) is 213 Å². The van der Waals surface area contributed by atoms with Gasteiger partial charge in [0, 0.05) is 85.3 Å². The maximum atomic E-state index is 15.1. The lowest BCUT2D eigenvalue weighted by atomic mass is 9.49. The van der Waals surface area contributed by atoms with Gasteiger partial charge in [-0.05, 0) is 209 Å². The van der Waals surface area contributed by atoms with Crippen LogP contribution in [0.2, 0.25) is 0 Å². The summed E-state index contributed by atoms with van der Waals surface area (Å²) < 4.78 is 34.0. The lowest BCUT2D eigenvalue weighted by molar-refractivity contribution is -0.150. The molecule has 26 nitrogen and oxygen atoms in total. The summed E-state index contributed by atoms with van der Waals surface area (Å²) in [6.45, 7) is 14.6. The van der Waals surface area contributed by atoms with Gasteiger partial charge in [0.25, 0.3) is 0 Å². The van der Waals surface area contributed by atoms with Gasteiger partial charge in [-0.1, -0.05) is 169 Å². The Morgan fingerprint density at radius 2 is 1.08 bits per heavy atom. The van der Waals surface area contributed by atoms with Crippen LogP contribution in [0.15, 0.2) is 158 Å². The van der Waals surface area contributed by atoms with Crippen LogP contribution in [0.5, 0.6) is 0 Å². The van der Waals surface area contributed by atoms with E-state index in [-0.39, 0.29) is 131 Å². The molecule has 7 aromatic rings. The molecule has 0 radical (unpaired) electrons. The van der Waals surface area contributed by atoms with Gasteiger partial charge in [0.2, 0.25) is 35.4 Å². The van der Waals surface area contributed by atoms with E-state index >= 15 is 9.59 Å². The van der Waals surface area contributed by atoms with Crippen molar-refractivity contribution in [3.63, 3.8) is 0 Å². The average Bonchev–Trinajstić information content (AvgIpc) is 0.907. The van der Waals surface area contributed by atoms with Crippen LogP contribution in [0, 0.1) is 46.3 Å². The van der Waals surface area contributed by atoms with Gasteiger partial charge in [0.1, 0.15) is 25.5 Å². The van der Waals surface area contributed by atoms with Gasteiger partial charge in [0.15, 0.2) is 5.78 Å². The van der Waals surface area contributed by atoms with Crippen molar-refractivity contribution in [1.82, 2.24) is 21.3 Å². The van der Waals surface area contributed by atoms with Crippen molar-refractivity contribution in [2.75, 3.05) is 93.4 Å². The van der Waals surface area contributed by atoms with Crippen molar-refractivity contribution < 1.29 is 81.2 Å². The topological polar surface area (TPSA) is 357 Å². The summed E-state index contributed by atoms with van der Waals surface area (Å²) in [5, 5.41) is 19.9. The lowest BCUT2D eigenvalue weighted by Gasteiger charge is -2.56. The number of anilines is 4. The molecule has 7 aromatic carbocycles. The number of urea groups is 1. The second-order valence-corrected chi connectivity index (χ2v) is 36.0. The number of benzene rings is 7. The summed E-state index contributed by atoms with van der Waals surface area (Å²) in [5.41, 5.74) is 17.0. The Kier molecular flexibility index (Phi) is 31.7. The van der Waals surface area contributed by atoms with Gasteiger partial charge in [0.05, 0.1) is 75.4 Å². The summed E-state index contributed by atoms with van der Waals surface area (Å²) in [4.78, 5) is 151. The predicted molar refractivity (Wildman–Crippen MR) is 487 cm³/mol. The molecule has 0 spiro atoms. The van der Waals surface area contributed by atoms with Crippen LogP contribution >= 0.6 is 0 Å². The van der Waals surface area contributed by atoms with E-state index in [1.165, 1.54) is 0 Å². The van der Waals surface area contributed by atoms with Gasteiger partial charge in [-0.3, -0.25) is 49.0 Å². The number of para-hydroxylation sites is 1. The average molecular weight is 1750 g/mol. The number of imide groups is 1. The third kappa shape index (κ3) is 23.0. The van der Waals surface area contributed by atoms with Crippen LogP contribution in [0.25, 0.3) is 11.1 Å². The van der Waals surface area contributed by atoms with Gasteiger partial charge >= 0.3 is 18.2 Å². The molecule has 8 atom stereocenters. The van der Waals surface area contributed by atoms with Crippen molar-refractivity contribution in [2.45, 2.75) is 193 Å². The van der Waals surface area contributed by atoms with E-state index < -0.39 is 69.6 Å². The minimum Gasteiger partial charge on any atom is -0.449 e. The molecule has 0 unspecified atom stereocenters. The minimum atomic E-state index is -0.904. The minimum absolute atomic E-state index is 0.00337. The number of aryl methyl sites for hydroxylation is 2. The zero-order chi connectivity index (χ0) is 90.5. The molecule has 1 aliphatic heterocycles. The first-order valence-electron chi connectivity index (χ1n) is 45.2. The highest BCUT2D eigenvalue weighted by Gasteiger charge is 2.59. The molecule has 6 aliphatic rings. The molecule has 26 heteroatoms. The number of primary amides is 1. The quantitative estimate of drug-likeness (QED) is 0.0100. The zero-order valence-corrected chi connectivity index (χ0v) is 74.4. The first kappa shape index (κ1) is 93.7. The van der Waals surface area contributed by atoms with Crippen LogP contribution in [-0.2, 0) is 104 Å². The second kappa shape index (κ2) is 43.3. The number of nitrogens with zero attached hydrogens (tertiary/aromatic N) is 1. The van der Waals surface area contributed by atoms with Crippen LogP contribution < -0.4 is 47.9 Å². The Hall–Kier alpha value is -11.9. The number of hydrogen-bond donors (Lipinski definition) is 8. The number of hydrogen-bond acceptors (Lipinski definition) is 17. The number of carbonyl (C=O) groups is 11. The summed E-state index contributed by atoms with van der Waals surface area (Å²) in [6, 6.07) is 48.5. The zero-order valence-electron chi connectivity index (χ0n) is 74.4. The van der Waals surface area contributed by atoms with Gasteiger partial charge in [-0.2, -0.15) is 0 Å². The highest BCUT2D eigenvalue weighted by atomic mass is 16.6. The van der Waals surface area contributed by atoms with E-state index in [0.29, 0.717) is 101 Å². The molecule has 10 amide bonds. The molecule has 676 valence electrons. The lowest BCUT2D eigenvalue weighted by Crippen LogP contribution is -2.60. The van der Waals surface area contributed by atoms with E-state index in [1.54, 1.807) is 43.0 Å². The maximum absolute atomic E-state index is 15.1. The van der Waals surface area contributed by atoms with Gasteiger partial charge in [-0.25, -0.2) is 14.4 Å². The first-order chi connectivity index (χ1) is 61.7. The Morgan fingerprint density at radius 3 is 1.70 bits per heavy atom. The third-order valence-corrected chi connectivity index (χ3v) is 27.1. The van der Waals surface area contributed by atoms with E-state index in [4.69, 9.17) is 34.2 Å². The number of ether oxygens (including phenoxy) is 6. The number of ketones is 2. The molecular weight excluding hydrogens is 1620 g/mol. The summed E-state index contributed by atoms with van der Waals surface area (Å²) >= 11 is 0. The van der Waals surface area contributed by atoms with E-state index in [1.807, 2.05) is 123 Å². The molecule has 0 saturated heterocycles. The fourth-order valence-corrected chi connectivity index (χ4v) is 20.4. The number of amides is 10. The van der Waals surface area contributed by atoms with Crippen LogP contribution in [0.4, 0.5) is 37.1 Å². The molecule has 1 heterocycles.